The Balaban J connectivity index is 1.83. The highest BCUT2D eigenvalue weighted by Gasteiger charge is 2.28. The summed E-state index contributed by atoms with van der Waals surface area (Å²) in [6.45, 7) is 4.74. The summed E-state index contributed by atoms with van der Waals surface area (Å²) in [5.41, 5.74) is 3.58. The smallest absolute Gasteiger partial charge is 0.00830 e. The third-order valence-electron chi connectivity index (χ3n) is 4.65. The minimum absolute atomic E-state index is 1.000. The summed E-state index contributed by atoms with van der Waals surface area (Å²) >= 11 is 2.14. The van der Waals surface area contributed by atoms with Crippen molar-refractivity contribution in [1.29, 1.82) is 0 Å². The lowest BCUT2D eigenvalue weighted by atomic mass is 9.72. The van der Waals surface area contributed by atoms with E-state index in [0.29, 0.717) is 0 Å². The monoisotopic (exact) mass is 248 g/mol. The van der Waals surface area contributed by atoms with Crippen molar-refractivity contribution >= 4 is 11.3 Å². The van der Waals surface area contributed by atoms with Gasteiger partial charge in [0.2, 0.25) is 0 Å². The van der Waals surface area contributed by atoms with Gasteiger partial charge >= 0.3 is 0 Å². The van der Waals surface area contributed by atoms with E-state index in [1.165, 1.54) is 51.4 Å². The van der Waals surface area contributed by atoms with Crippen molar-refractivity contribution < 1.29 is 0 Å². The van der Waals surface area contributed by atoms with E-state index >= 15 is 0 Å². The molecule has 94 valence electrons. The Hall–Kier alpha value is -0.300. The number of hydrogen-bond donors (Lipinski definition) is 0. The molecule has 1 heterocycles. The average molecular weight is 248 g/mol. The van der Waals surface area contributed by atoms with E-state index in [9.17, 15) is 0 Å². The van der Waals surface area contributed by atoms with E-state index in [1.54, 1.807) is 20.9 Å². The second-order valence-corrected chi connectivity index (χ2v) is 7.30. The molecule has 0 radical (unpaired) electrons. The van der Waals surface area contributed by atoms with E-state index in [0.717, 1.165) is 11.8 Å². The van der Waals surface area contributed by atoms with Crippen LogP contribution in [0.4, 0.5) is 0 Å². The maximum absolute atomic E-state index is 2.40. The van der Waals surface area contributed by atoms with E-state index in [-0.39, 0.29) is 0 Å². The lowest BCUT2D eigenvalue weighted by Crippen LogP contribution is -2.23. The first-order chi connectivity index (χ1) is 8.28. The van der Waals surface area contributed by atoms with Gasteiger partial charge in [-0.2, -0.15) is 0 Å². The van der Waals surface area contributed by atoms with Gasteiger partial charge in [-0.25, -0.2) is 0 Å². The van der Waals surface area contributed by atoms with Gasteiger partial charge in [-0.15, -0.1) is 11.3 Å². The standard InChI is InChI=1S/C16H24S/c1-3-15-14(10-12-8-11(2)9-12)13-6-4-5-7-16(13)17-15/h11-12H,3-10H2,1-2H3. The summed E-state index contributed by atoms with van der Waals surface area (Å²) in [5, 5.41) is 0. The molecule has 0 spiro atoms. The SMILES string of the molecule is CCc1sc2c(c1CC1CC(C)C1)CCCC2. The summed E-state index contributed by atoms with van der Waals surface area (Å²) in [6.07, 6.45) is 11.2. The molecule has 17 heavy (non-hydrogen) atoms. The lowest BCUT2D eigenvalue weighted by molar-refractivity contribution is 0.211. The van der Waals surface area contributed by atoms with E-state index in [1.807, 2.05) is 0 Å². The van der Waals surface area contributed by atoms with E-state index in [2.05, 4.69) is 25.2 Å². The molecule has 1 aromatic rings. The van der Waals surface area contributed by atoms with Gasteiger partial charge in [-0.3, -0.25) is 0 Å². The topological polar surface area (TPSA) is 0 Å². The van der Waals surface area contributed by atoms with Gasteiger partial charge in [-0.05, 0) is 74.3 Å². The highest BCUT2D eigenvalue weighted by Crippen LogP contribution is 2.41. The van der Waals surface area contributed by atoms with Crippen LogP contribution in [-0.4, -0.2) is 0 Å². The predicted octanol–water partition coefficient (Wildman–Crippen LogP) is 4.78. The van der Waals surface area contributed by atoms with Crippen LogP contribution in [0, 0.1) is 11.8 Å². The summed E-state index contributed by atoms with van der Waals surface area (Å²) < 4.78 is 0. The zero-order chi connectivity index (χ0) is 11.8. The van der Waals surface area contributed by atoms with Crippen LogP contribution in [-0.2, 0) is 25.7 Å². The van der Waals surface area contributed by atoms with Crippen molar-refractivity contribution in [2.24, 2.45) is 11.8 Å². The minimum Gasteiger partial charge on any atom is -0.145 e. The zero-order valence-corrected chi connectivity index (χ0v) is 12.0. The fourth-order valence-corrected chi connectivity index (χ4v) is 5.10. The number of rotatable bonds is 3. The predicted molar refractivity (Wildman–Crippen MR) is 75.9 cm³/mol. The molecule has 1 fully saturated rings. The second kappa shape index (κ2) is 4.76. The molecule has 3 rings (SSSR count). The molecule has 0 aliphatic heterocycles. The molecule has 1 saturated carbocycles. The van der Waals surface area contributed by atoms with E-state index < -0.39 is 0 Å². The third-order valence-corrected chi connectivity index (χ3v) is 6.13. The van der Waals surface area contributed by atoms with Crippen molar-refractivity contribution in [3.8, 4) is 0 Å². The normalized spacial score (nSPS) is 27.6. The number of thiophene rings is 1. The molecule has 0 amide bonds. The van der Waals surface area contributed by atoms with Crippen molar-refractivity contribution in [3.63, 3.8) is 0 Å². The van der Waals surface area contributed by atoms with Crippen molar-refractivity contribution in [2.75, 3.05) is 0 Å². The van der Waals surface area contributed by atoms with Crippen molar-refractivity contribution in [1.82, 2.24) is 0 Å². The zero-order valence-electron chi connectivity index (χ0n) is 11.2. The van der Waals surface area contributed by atoms with Gasteiger partial charge in [0.1, 0.15) is 0 Å². The molecule has 0 aromatic carbocycles. The molecule has 2 aliphatic carbocycles. The second-order valence-electron chi connectivity index (χ2n) is 6.11. The van der Waals surface area contributed by atoms with Gasteiger partial charge in [0.25, 0.3) is 0 Å². The number of aryl methyl sites for hydroxylation is 2. The van der Waals surface area contributed by atoms with Gasteiger partial charge in [0, 0.05) is 9.75 Å². The van der Waals surface area contributed by atoms with Gasteiger partial charge < -0.3 is 0 Å². The molecule has 0 atom stereocenters. The van der Waals surface area contributed by atoms with Crippen LogP contribution in [0.3, 0.4) is 0 Å². The molecular weight excluding hydrogens is 224 g/mol. The quantitative estimate of drug-likeness (QED) is 0.722. The molecule has 0 bridgehead atoms. The molecule has 0 saturated heterocycles. The molecule has 1 heteroatoms. The molecule has 1 aromatic heterocycles. The van der Waals surface area contributed by atoms with Crippen LogP contribution in [0.2, 0.25) is 0 Å². The van der Waals surface area contributed by atoms with Crippen LogP contribution in [0.25, 0.3) is 0 Å². The summed E-state index contributed by atoms with van der Waals surface area (Å²) in [7, 11) is 0. The molecule has 2 aliphatic rings. The maximum Gasteiger partial charge on any atom is 0.00830 e. The van der Waals surface area contributed by atoms with Crippen LogP contribution >= 0.6 is 11.3 Å². The largest absolute Gasteiger partial charge is 0.145 e. The Morgan fingerprint density at radius 2 is 1.94 bits per heavy atom. The Labute approximate surface area is 109 Å². The Bertz CT molecular complexity index is 396. The summed E-state index contributed by atoms with van der Waals surface area (Å²) in [4.78, 5) is 3.46. The third kappa shape index (κ3) is 2.19. The molecule has 0 unspecified atom stereocenters. The first-order valence-electron chi connectivity index (χ1n) is 7.40. The van der Waals surface area contributed by atoms with Crippen LogP contribution in [0.1, 0.15) is 60.4 Å². The highest BCUT2D eigenvalue weighted by atomic mass is 32.1. The van der Waals surface area contributed by atoms with E-state index in [4.69, 9.17) is 0 Å². The van der Waals surface area contributed by atoms with Crippen LogP contribution in [0.15, 0.2) is 0 Å². The van der Waals surface area contributed by atoms with Crippen LogP contribution < -0.4 is 0 Å². The number of fused-ring (bicyclic) bond motifs is 1. The van der Waals surface area contributed by atoms with Crippen molar-refractivity contribution in [3.05, 3.63) is 20.9 Å². The Morgan fingerprint density at radius 3 is 2.65 bits per heavy atom. The maximum atomic E-state index is 2.40. The summed E-state index contributed by atoms with van der Waals surface area (Å²) in [6, 6.07) is 0. The molecule has 0 nitrogen and oxygen atoms in total. The fraction of sp³-hybridized carbons (Fsp3) is 0.750. The van der Waals surface area contributed by atoms with Crippen LogP contribution in [0.5, 0.6) is 0 Å². The van der Waals surface area contributed by atoms with Gasteiger partial charge in [-0.1, -0.05) is 13.8 Å². The number of hydrogen-bond acceptors (Lipinski definition) is 1. The lowest BCUT2D eigenvalue weighted by Gasteiger charge is -2.33. The highest BCUT2D eigenvalue weighted by molar-refractivity contribution is 7.12. The molecular formula is C16H24S. The van der Waals surface area contributed by atoms with Crippen molar-refractivity contribution in [2.45, 2.75) is 65.2 Å². The minimum atomic E-state index is 1.000. The van der Waals surface area contributed by atoms with Gasteiger partial charge in [0.05, 0.1) is 0 Å². The Morgan fingerprint density at radius 1 is 1.18 bits per heavy atom. The van der Waals surface area contributed by atoms with Gasteiger partial charge in [0.15, 0.2) is 0 Å². The first kappa shape index (κ1) is 11.8. The molecule has 0 N–H and O–H groups in total. The first-order valence-corrected chi connectivity index (χ1v) is 8.21. The average Bonchev–Trinajstić information content (AvgIpc) is 2.66. The Kier molecular flexibility index (Phi) is 3.30. The fourth-order valence-electron chi connectivity index (χ4n) is 3.74. The summed E-state index contributed by atoms with van der Waals surface area (Å²) in [5.74, 6) is 2.01.